The molecule has 3 rings (SSSR count). The zero-order valence-electron chi connectivity index (χ0n) is 12.7. The molecule has 1 atom stereocenters. The van der Waals surface area contributed by atoms with Gasteiger partial charge in [-0.3, -0.25) is 4.79 Å². The molecule has 0 fully saturated rings. The minimum atomic E-state index is -0.415. The van der Waals surface area contributed by atoms with Gasteiger partial charge in [0.1, 0.15) is 0 Å². The van der Waals surface area contributed by atoms with E-state index in [1.165, 1.54) is 0 Å². The van der Waals surface area contributed by atoms with E-state index in [4.69, 9.17) is 5.73 Å². The normalized spacial score (nSPS) is 17.0. The largest absolute Gasteiger partial charge is 0.374 e. The van der Waals surface area contributed by atoms with Crippen LogP contribution < -0.4 is 16.0 Å². The number of primary amides is 1. The van der Waals surface area contributed by atoms with Gasteiger partial charge in [-0.25, -0.2) is 9.97 Å². The fourth-order valence-electron chi connectivity index (χ4n) is 2.76. The highest BCUT2D eigenvalue weighted by atomic mass is 16.1. The number of hydrogen-bond donors (Lipinski definition) is 2. The summed E-state index contributed by atoms with van der Waals surface area (Å²) in [4.78, 5) is 22.3. The first-order valence-electron chi connectivity index (χ1n) is 7.25. The maximum atomic E-state index is 11.4. The number of carbonyl (C=O) groups excluding carboxylic acids is 1. The average Bonchev–Trinajstić information content (AvgIpc) is 2.50. The van der Waals surface area contributed by atoms with E-state index < -0.39 is 5.91 Å². The van der Waals surface area contributed by atoms with Gasteiger partial charge in [0.2, 0.25) is 11.9 Å². The van der Waals surface area contributed by atoms with E-state index in [9.17, 15) is 4.79 Å². The van der Waals surface area contributed by atoms with Gasteiger partial charge in [0.15, 0.2) is 0 Å². The van der Waals surface area contributed by atoms with Crippen LogP contribution >= 0.6 is 0 Å². The number of benzene rings is 1. The third-order valence-electron chi connectivity index (χ3n) is 3.95. The minimum Gasteiger partial charge on any atom is -0.374 e. The fraction of sp³-hybridized carbons (Fsp3) is 0.312. The number of hydrogen-bond acceptors (Lipinski definition) is 5. The van der Waals surface area contributed by atoms with Crippen molar-refractivity contribution in [3.05, 3.63) is 47.3 Å². The van der Waals surface area contributed by atoms with E-state index in [0.29, 0.717) is 11.5 Å². The second-order valence-corrected chi connectivity index (χ2v) is 5.57. The lowest BCUT2D eigenvalue weighted by atomic mass is 9.94. The van der Waals surface area contributed by atoms with Crippen molar-refractivity contribution in [3.8, 4) is 0 Å². The number of nitrogens with two attached hydrogens (primary N) is 1. The third kappa shape index (κ3) is 2.72. The van der Waals surface area contributed by atoms with E-state index in [2.05, 4.69) is 20.2 Å². The first kappa shape index (κ1) is 14.3. The lowest BCUT2D eigenvalue weighted by molar-refractivity contribution is 0.1000. The summed E-state index contributed by atoms with van der Waals surface area (Å²) < 4.78 is 0. The van der Waals surface area contributed by atoms with Gasteiger partial charge in [-0.1, -0.05) is 0 Å². The van der Waals surface area contributed by atoms with Crippen LogP contribution in [0.15, 0.2) is 30.5 Å². The van der Waals surface area contributed by atoms with Crippen molar-refractivity contribution in [3.63, 3.8) is 0 Å². The summed E-state index contributed by atoms with van der Waals surface area (Å²) in [5, 5.41) is 3.36. The molecule has 6 heteroatoms. The summed E-state index contributed by atoms with van der Waals surface area (Å²) in [5.41, 5.74) is 8.98. The molecule has 0 bridgehead atoms. The summed E-state index contributed by atoms with van der Waals surface area (Å²) in [6, 6.07) is 7.50. The van der Waals surface area contributed by atoms with Gasteiger partial charge in [0.25, 0.3) is 0 Å². The Morgan fingerprint density at radius 3 is 2.95 bits per heavy atom. The van der Waals surface area contributed by atoms with Gasteiger partial charge in [-0.2, -0.15) is 0 Å². The molecule has 0 spiro atoms. The Labute approximate surface area is 129 Å². The quantitative estimate of drug-likeness (QED) is 0.903. The predicted molar refractivity (Wildman–Crippen MR) is 86.0 cm³/mol. The van der Waals surface area contributed by atoms with Crippen molar-refractivity contribution in [2.75, 3.05) is 23.8 Å². The van der Waals surface area contributed by atoms with Crippen molar-refractivity contribution in [1.82, 2.24) is 9.97 Å². The highest BCUT2D eigenvalue weighted by molar-refractivity contribution is 5.93. The molecule has 2 heterocycles. The zero-order chi connectivity index (χ0) is 15.7. The van der Waals surface area contributed by atoms with Gasteiger partial charge < -0.3 is 16.0 Å². The highest BCUT2D eigenvalue weighted by Crippen LogP contribution is 2.35. The van der Waals surface area contributed by atoms with Crippen LogP contribution in [0.4, 0.5) is 11.6 Å². The van der Waals surface area contributed by atoms with Crippen LogP contribution in [0.5, 0.6) is 0 Å². The maximum absolute atomic E-state index is 11.4. The number of aromatic nitrogens is 2. The fourth-order valence-corrected chi connectivity index (χ4v) is 2.76. The Morgan fingerprint density at radius 1 is 1.41 bits per heavy atom. The number of amides is 1. The smallest absolute Gasteiger partial charge is 0.248 e. The molecule has 1 aliphatic rings. The van der Waals surface area contributed by atoms with Crippen LogP contribution in [-0.2, 0) is 0 Å². The molecule has 1 aromatic heterocycles. The molecule has 1 aliphatic heterocycles. The molecule has 0 saturated heterocycles. The number of nitrogens with zero attached hydrogens (tertiary/aromatic N) is 3. The predicted octanol–water partition coefficient (Wildman–Crippen LogP) is 1.88. The zero-order valence-corrected chi connectivity index (χ0v) is 12.7. The van der Waals surface area contributed by atoms with Crippen molar-refractivity contribution in [2.45, 2.75) is 19.4 Å². The van der Waals surface area contributed by atoms with Gasteiger partial charge in [0, 0.05) is 36.7 Å². The molecular weight excluding hydrogens is 278 g/mol. The van der Waals surface area contributed by atoms with Crippen LogP contribution in [0.1, 0.15) is 34.1 Å². The summed E-state index contributed by atoms with van der Waals surface area (Å²) in [6.45, 7) is 2.85. The summed E-state index contributed by atoms with van der Waals surface area (Å²) in [7, 11) is 2.04. The highest BCUT2D eigenvalue weighted by Gasteiger charge is 2.24. The molecule has 114 valence electrons. The van der Waals surface area contributed by atoms with Gasteiger partial charge in [0.05, 0.1) is 6.04 Å². The van der Waals surface area contributed by atoms with E-state index in [0.717, 1.165) is 29.9 Å². The lowest BCUT2D eigenvalue weighted by Gasteiger charge is -2.33. The van der Waals surface area contributed by atoms with Gasteiger partial charge in [-0.15, -0.1) is 0 Å². The van der Waals surface area contributed by atoms with Crippen molar-refractivity contribution in [1.29, 1.82) is 0 Å². The van der Waals surface area contributed by atoms with Crippen molar-refractivity contribution in [2.24, 2.45) is 5.73 Å². The second kappa shape index (κ2) is 5.63. The Kier molecular flexibility index (Phi) is 3.66. The SMILES string of the molecule is Cc1ccnc(NC2CCN(C)c3ccc(C(N)=O)cc32)n1. The molecule has 3 N–H and O–H groups in total. The topological polar surface area (TPSA) is 84.1 Å². The van der Waals surface area contributed by atoms with E-state index in [1.54, 1.807) is 12.3 Å². The van der Waals surface area contributed by atoms with Crippen LogP contribution in [0.2, 0.25) is 0 Å². The molecule has 22 heavy (non-hydrogen) atoms. The Morgan fingerprint density at radius 2 is 2.23 bits per heavy atom. The first-order valence-corrected chi connectivity index (χ1v) is 7.25. The Hall–Kier alpha value is -2.63. The van der Waals surface area contributed by atoms with E-state index >= 15 is 0 Å². The van der Waals surface area contributed by atoms with Crippen molar-refractivity contribution >= 4 is 17.5 Å². The van der Waals surface area contributed by atoms with Gasteiger partial charge in [-0.05, 0) is 43.2 Å². The molecule has 0 radical (unpaired) electrons. The second-order valence-electron chi connectivity index (χ2n) is 5.57. The van der Waals surface area contributed by atoms with Crippen molar-refractivity contribution < 1.29 is 4.79 Å². The number of aryl methyl sites for hydroxylation is 1. The minimum absolute atomic E-state index is 0.0623. The monoisotopic (exact) mass is 297 g/mol. The summed E-state index contributed by atoms with van der Waals surface area (Å²) in [5.74, 6) is 0.187. The summed E-state index contributed by atoms with van der Waals surface area (Å²) >= 11 is 0. The van der Waals surface area contributed by atoms with Gasteiger partial charge >= 0.3 is 0 Å². The number of anilines is 2. The van der Waals surface area contributed by atoms with Crippen LogP contribution in [0.25, 0.3) is 0 Å². The first-order chi connectivity index (χ1) is 10.5. The number of rotatable bonds is 3. The Bertz CT molecular complexity index is 715. The molecule has 1 aromatic carbocycles. The summed E-state index contributed by atoms with van der Waals surface area (Å²) in [6.07, 6.45) is 2.64. The maximum Gasteiger partial charge on any atom is 0.248 e. The number of nitrogens with one attached hydrogen (secondary N) is 1. The molecule has 0 aliphatic carbocycles. The average molecular weight is 297 g/mol. The van der Waals surface area contributed by atoms with E-state index in [-0.39, 0.29) is 6.04 Å². The number of fused-ring (bicyclic) bond motifs is 1. The standard InChI is InChI=1S/C16H19N5O/c1-10-5-7-18-16(19-10)20-13-6-8-21(2)14-4-3-11(15(17)22)9-12(13)14/h3-5,7,9,13H,6,8H2,1-2H3,(H2,17,22)(H,18,19,20). The van der Waals surface area contributed by atoms with Crippen LogP contribution in [0.3, 0.4) is 0 Å². The molecule has 0 saturated carbocycles. The molecule has 1 amide bonds. The Balaban J connectivity index is 1.96. The molecule has 6 nitrogen and oxygen atoms in total. The van der Waals surface area contributed by atoms with Crippen LogP contribution in [-0.4, -0.2) is 29.5 Å². The third-order valence-corrected chi connectivity index (χ3v) is 3.95. The molecular formula is C16H19N5O. The lowest BCUT2D eigenvalue weighted by Crippen LogP contribution is -2.31. The molecule has 2 aromatic rings. The van der Waals surface area contributed by atoms with E-state index in [1.807, 2.05) is 32.2 Å². The number of carbonyl (C=O) groups is 1. The molecule has 1 unspecified atom stereocenters. The van der Waals surface area contributed by atoms with Crippen LogP contribution in [0, 0.1) is 6.92 Å².